The number of hydrogen-bond acceptors (Lipinski definition) is 3. The molecule has 0 radical (unpaired) electrons. The summed E-state index contributed by atoms with van der Waals surface area (Å²) in [5, 5.41) is 11.9. The highest BCUT2D eigenvalue weighted by molar-refractivity contribution is 5.89. The van der Waals surface area contributed by atoms with Gasteiger partial charge in [0.2, 0.25) is 0 Å². The minimum atomic E-state index is -0.111. The molecular weight excluding hydrogens is 244 g/mol. The van der Waals surface area contributed by atoms with Gasteiger partial charge in [0.25, 0.3) is 0 Å². The normalized spacial score (nSPS) is 18.4. The average molecular weight is 264 g/mol. The average Bonchev–Trinajstić information content (AvgIpc) is 2.90. The minimum absolute atomic E-state index is 0.111. The number of amides is 2. The van der Waals surface area contributed by atoms with E-state index in [1.54, 1.807) is 4.90 Å². The number of aliphatic hydroxyl groups excluding tert-OH is 1. The lowest BCUT2D eigenvalue weighted by Gasteiger charge is -2.17. The van der Waals surface area contributed by atoms with Crippen molar-refractivity contribution >= 4 is 11.7 Å². The molecule has 5 nitrogen and oxygen atoms in total. The van der Waals surface area contributed by atoms with E-state index in [2.05, 4.69) is 5.32 Å². The molecule has 2 N–H and O–H groups in total. The van der Waals surface area contributed by atoms with Crippen molar-refractivity contribution in [1.82, 2.24) is 4.90 Å². The number of nitrogens with one attached hydrogen (secondary N) is 1. The van der Waals surface area contributed by atoms with Gasteiger partial charge >= 0.3 is 6.03 Å². The number of ether oxygens (including phenoxy) is 1. The molecule has 0 saturated carbocycles. The number of urea groups is 1. The van der Waals surface area contributed by atoms with E-state index in [4.69, 9.17) is 9.84 Å². The van der Waals surface area contributed by atoms with Gasteiger partial charge in [-0.25, -0.2) is 4.79 Å². The molecule has 0 spiro atoms. The van der Waals surface area contributed by atoms with E-state index in [-0.39, 0.29) is 18.6 Å². The Morgan fingerprint density at radius 3 is 2.79 bits per heavy atom. The molecule has 104 valence electrons. The van der Waals surface area contributed by atoms with E-state index in [9.17, 15) is 4.79 Å². The van der Waals surface area contributed by atoms with Crippen LogP contribution in [0, 0.1) is 5.92 Å². The summed E-state index contributed by atoms with van der Waals surface area (Å²) >= 11 is 0. The number of carbonyl (C=O) groups excluding carboxylic acids is 1. The van der Waals surface area contributed by atoms with E-state index in [1.165, 1.54) is 0 Å². The number of hydrogen-bond donors (Lipinski definition) is 2. The highest BCUT2D eigenvalue weighted by atomic mass is 16.5. The Morgan fingerprint density at radius 1 is 1.47 bits per heavy atom. The maximum Gasteiger partial charge on any atom is 0.321 e. The third-order valence-corrected chi connectivity index (χ3v) is 3.25. The standard InChI is InChI=1S/C14H20N2O3/c1-2-19-13-5-3-12(4-6-13)15-14(18)16-8-7-11(9-16)10-17/h3-6,11,17H,2,7-10H2,1H3,(H,15,18). The van der Waals surface area contributed by atoms with Gasteiger partial charge in [-0.05, 0) is 37.6 Å². The van der Waals surface area contributed by atoms with Crippen LogP contribution in [0.3, 0.4) is 0 Å². The van der Waals surface area contributed by atoms with Crippen molar-refractivity contribution in [3.05, 3.63) is 24.3 Å². The molecule has 5 heteroatoms. The first-order valence-corrected chi connectivity index (χ1v) is 6.62. The summed E-state index contributed by atoms with van der Waals surface area (Å²) in [5.74, 6) is 1.01. The molecule has 1 unspecified atom stereocenters. The number of rotatable bonds is 4. The summed E-state index contributed by atoms with van der Waals surface area (Å²) in [6.45, 7) is 4.03. The highest BCUT2D eigenvalue weighted by Crippen LogP contribution is 2.19. The van der Waals surface area contributed by atoms with E-state index in [0.29, 0.717) is 19.7 Å². The van der Waals surface area contributed by atoms with Crippen LogP contribution in [-0.2, 0) is 0 Å². The Bertz CT molecular complexity index is 419. The van der Waals surface area contributed by atoms with Crippen molar-refractivity contribution in [2.75, 3.05) is 31.6 Å². The maximum atomic E-state index is 12.0. The summed E-state index contributed by atoms with van der Waals surface area (Å²) in [7, 11) is 0. The summed E-state index contributed by atoms with van der Waals surface area (Å²) in [5.41, 5.74) is 0.751. The van der Waals surface area contributed by atoms with Crippen molar-refractivity contribution in [2.24, 2.45) is 5.92 Å². The molecule has 19 heavy (non-hydrogen) atoms. The molecule has 0 bridgehead atoms. The van der Waals surface area contributed by atoms with Crippen molar-refractivity contribution < 1.29 is 14.6 Å². The molecule has 0 aromatic heterocycles. The zero-order valence-corrected chi connectivity index (χ0v) is 11.1. The maximum absolute atomic E-state index is 12.0. The number of anilines is 1. The molecule has 1 fully saturated rings. The molecular formula is C14H20N2O3. The second-order valence-corrected chi connectivity index (χ2v) is 4.67. The molecule has 1 atom stereocenters. The Balaban J connectivity index is 1.88. The van der Waals surface area contributed by atoms with Crippen LogP contribution in [0.5, 0.6) is 5.75 Å². The monoisotopic (exact) mass is 264 g/mol. The summed E-state index contributed by atoms with van der Waals surface area (Å²) in [6, 6.07) is 7.20. The van der Waals surface area contributed by atoms with Gasteiger partial charge in [-0.2, -0.15) is 0 Å². The van der Waals surface area contributed by atoms with Crippen LogP contribution in [-0.4, -0.2) is 42.3 Å². The molecule has 1 saturated heterocycles. The predicted molar refractivity (Wildman–Crippen MR) is 73.4 cm³/mol. The van der Waals surface area contributed by atoms with E-state index in [0.717, 1.165) is 17.9 Å². The number of nitrogens with zero attached hydrogens (tertiary/aromatic N) is 1. The van der Waals surface area contributed by atoms with E-state index in [1.807, 2.05) is 31.2 Å². The summed E-state index contributed by atoms with van der Waals surface area (Å²) < 4.78 is 5.34. The molecule has 1 heterocycles. The zero-order valence-electron chi connectivity index (χ0n) is 11.1. The molecule has 1 aromatic rings. The third kappa shape index (κ3) is 3.61. The molecule has 1 aliphatic heterocycles. The first-order valence-electron chi connectivity index (χ1n) is 6.62. The van der Waals surface area contributed by atoms with E-state index >= 15 is 0 Å². The molecule has 1 aromatic carbocycles. The Kier molecular flexibility index (Phi) is 4.63. The Labute approximate surface area is 113 Å². The number of likely N-dealkylation sites (tertiary alicyclic amines) is 1. The van der Waals surface area contributed by atoms with Gasteiger partial charge in [-0.15, -0.1) is 0 Å². The summed E-state index contributed by atoms with van der Waals surface area (Å²) in [6.07, 6.45) is 0.868. The topological polar surface area (TPSA) is 61.8 Å². The van der Waals surface area contributed by atoms with Crippen LogP contribution >= 0.6 is 0 Å². The number of aliphatic hydroxyl groups is 1. The Morgan fingerprint density at radius 2 is 2.21 bits per heavy atom. The van der Waals surface area contributed by atoms with Gasteiger partial charge < -0.3 is 20.1 Å². The number of carbonyl (C=O) groups is 1. The van der Waals surface area contributed by atoms with Gasteiger partial charge in [0.05, 0.1) is 6.61 Å². The zero-order chi connectivity index (χ0) is 13.7. The van der Waals surface area contributed by atoms with Crippen molar-refractivity contribution in [3.8, 4) is 5.75 Å². The van der Waals surface area contributed by atoms with Gasteiger partial charge in [0, 0.05) is 31.3 Å². The molecule has 2 amide bonds. The lowest BCUT2D eigenvalue weighted by atomic mass is 10.1. The molecule has 2 rings (SSSR count). The van der Waals surface area contributed by atoms with Crippen molar-refractivity contribution in [1.29, 1.82) is 0 Å². The second-order valence-electron chi connectivity index (χ2n) is 4.67. The van der Waals surface area contributed by atoms with Crippen LogP contribution in [0.4, 0.5) is 10.5 Å². The Hall–Kier alpha value is -1.75. The largest absolute Gasteiger partial charge is 0.494 e. The summed E-state index contributed by atoms with van der Waals surface area (Å²) in [4.78, 5) is 13.7. The fraction of sp³-hybridized carbons (Fsp3) is 0.500. The lowest BCUT2D eigenvalue weighted by molar-refractivity contribution is 0.209. The minimum Gasteiger partial charge on any atom is -0.494 e. The lowest BCUT2D eigenvalue weighted by Crippen LogP contribution is -2.33. The first kappa shape index (κ1) is 13.7. The first-order chi connectivity index (χ1) is 9.22. The van der Waals surface area contributed by atoms with Crippen LogP contribution in [0.25, 0.3) is 0 Å². The van der Waals surface area contributed by atoms with E-state index < -0.39 is 0 Å². The fourth-order valence-corrected chi connectivity index (χ4v) is 2.17. The SMILES string of the molecule is CCOc1ccc(NC(=O)N2CCC(CO)C2)cc1. The van der Waals surface area contributed by atoms with Crippen LogP contribution in [0.1, 0.15) is 13.3 Å². The van der Waals surface area contributed by atoms with Gasteiger partial charge in [-0.1, -0.05) is 0 Å². The number of benzene rings is 1. The van der Waals surface area contributed by atoms with Crippen LogP contribution in [0.2, 0.25) is 0 Å². The van der Waals surface area contributed by atoms with Crippen LogP contribution in [0.15, 0.2) is 24.3 Å². The molecule has 0 aliphatic carbocycles. The fourth-order valence-electron chi connectivity index (χ4n) is 2.17. The second kappa shape index (κ2) is 6.43. The highest BCUT2D eigenvalue weighted by Gasteiger charge is 2.25. The van der Waals surface area contributed by atoms with Gasteiger partial charge in [0.1, 0.15) is 5.75 Å². The molecule has 1 aliphatic rings. The van der Waals surface area contributed by atoms with Crippen molar-refractivity contribution in [3.63, 3.8) is 0 Å². The van der Waals surface area contributed by atoms with Gasteiger partial charge in [-0.3, -0.25) is 0 Å². The van der Waals surface area contributed by atoms with Crippen molar-refractivity contribution in [2.45, 2.75) is 13.3 Å². The van der Waals surface area contributed by atoms with Gasteiger partial charge in [0.15, 0.2) is 0 Å². The van der Waals surface area contributed by atoms with Crippen LogP contribution < -0.4 is 10.1 Å². The quantitative estimate of drug-likeness (QED) is 0.873. The third-order valence-electron chi connectivity index (χ3n) is 3.25. The predicted octanol–water partition coefficient (Wildman–Crippen LogP) is 1.93. The smallest absolute Gasteiger partial charge is 0.321 e.